The molecule has 0 spiro atoms. The van der Waals surface area contributed by atoms with Gasteiger partial charge >= 0.3 is 0 Å². The van der Waals surface area contributed by atoms with E-state index in [0.717, 1.165) is 37.8 Å². The summed E-state index contributed by atoms with van der Waals surface area (Å²) in [7, 11) is 0. The molecule has 0 fully saturated rings. The quantitative estimate of drug-likeness (QED) is 0.656. The lowest BCUT2D eigenvalue weighted by Crippen LogP contribution is -2.08. The van der Waals surface area contributed by atoms with Gasteiger partial charge in [0.25, 0.3) is 0 Å². The van der Waals surface area contributed by atoms with Gasteiger partial charge in [-0.2, -0.15) is 0 Å². The van der Waals surface area contributed by atoms with Gasteiger partial charge in [0.1, 0.15) is 0 Å². The molecule has 0 aliphatic carbocycles. The maximum absolute atomic E-state index is 10.9. The summed E-state index contributed by atoms with van der Waals surface area (Å²) in [5.41, 5.74) is 2.11. The monoisotopic (exact) mass is 207 g/mol. The molecule has 84 valence electrons. The molecule has 0 saturated carbocycles. The van der Waals surface area contributed by atoms with E-state index in [2.05, 4.69) is 31.4 Å². The normalized spacial score (nSPS) is 10.9. The Labute approximate surface area is 92.3 Å². The summed E-state index contributed by atoms with van der Waals surface area (Å²) in [5, 5.41) is 0. The van der Waals surface area contributed by atoms with Gasteiger partial charge in [-0.25, -0.2) is 0 Å². The number of nitrogens with zero attached hydrogens (tertiary/aromatic N) is 1. The van der Waals surface area contributed by atoms with E-state index in [-0.39, 0.29) is 0 Å². The van der Waals surface area contributed by atoms with Crippen molar-refractivity contribution in [3.63, 3.8) is 0 Å². The van der Waals surface area contributed by atoms with E-state index in [1.165, 1.54) is 5.69 Å². The van der Waals surface area contributed by atoms with Crippen LogP contribution in [0, 0.1) is 5.92 Å². The Morgan fingerprint density at radius 2 is 2.13 bits per heavy atom. The van der Waals surface area contributed by atoms with Crippen molar-refractivity contribution in [3.8, 4) is 0 Å². The van der Waals surface area contributed by atoms with Crippen molar-refractivity contribution in [1.29, 1.82) is 0 Å². The molecule has 1 aromatic heterocycles. The van der Waals surface area contributed by atoms with Gasteiger partial charge in [-0.15, -0.1) is 0 Å². The van der Waals surface area contributed by atoms with Crippen LogP contribution in [0.1, 0.15) is 49.8 Å². The third-order valence-electron chi connectivity index (χ3n) is 2.58. The fourth-order valence-corrected chi connectivity index (χ4v) is 1.82. The second-order valence-corrected chi connectivity index (χ2v) is 4.47. The SMILES string of the molecule is CCCCn1c(C=O)ccc1CC(C)C. The molecule has 1 heterocycles. The van der Waals surface area contributed by atoms with Crippen molar-refractivity contribution >= 4 is 6.29 Å². The van der Waals surface area contributed by atoms with Crippen LogP contribution in [0.3, 0.4) is 0 Å². The van der Waals surface area contributed by atoms with Crippen LogP contribution in [-0.2, 0) is 13.0 Å². The largest absolute Gasteiger partial charge is 0.342 e. The third-order valence-corrected chi connectivity index (χ3v) is 2.58. The molecular formula is C13H21NO. The first-order valence-corrected chi connectivity index (χ1v) is 5.82. The fourth-order valence-electron chi connectivity index (χ4n) is 1.82. The zero-order valence-electron chi connectivity index (χ0n) is 9.99. The maximum Gasteiger partial charge on any atom is 0.166 e. The lowest BCUT2D eigenvalue weighted by molar-refractivity contribution is 0.111. The van der Waals surface area contributed by atoms with Crippen molar-refractivity contribution in [1.82, 2.24) is 4.57 Å². The number of hydrogen-bond donors (Lipinski definition) is 0. The highest BCUT2D eigenvalue weighted by Gasteiger charge is 2.08. The maximum atomic E-state index is 10.9. The molecule has 0 radical (unpaired) electrons. The van der Waals surface area contributed by atoms with Crippen LogP contribution in [0.5, 0.6) is 0 Å². The second-order valence-electron chi connectivity index (χ2n) is 4.47. The summed E-state index contributed by atoms with van der Waals surface area (Å²) in [6.45, 7) is 7.56. The number of carbonyl (C=O) groups is 1. The highest BCUT2D eigenvalue weighted by molar-refractivity contribution is 5.72. The molecule has 0 unspecified atom stereocenters. The third kappa shape index (κ3) is 3.22. The average Bonchev–Trinajstić information content (AvgIpc) is 2.56. The zero-order valence-corrected chi connectivity index (χ0v) is 9.99. The summed E-state index contributed by atoms with van der Waals surface area (Å²) in [6, 6.07) is 4.01. The van der Waals surface area contributed by atoms with Gasteiger partial charge in [-0.1, -0.05) is 27.2 Å². The van der Waals surface area contributed by atoms with E-state index in [9.17, 15) is 4.79 Å². The molecule has 0 aliphatic rings. The van der Waals surface area contributed by atoms with Gasteiger partial charge < -0.3 is 4.57 Å². The highest BCUT2D eigenvalue weighted by atomic mass is 16.1. The van der Waals surface area contributed by atoms with Crippen LogP contribution in [0.15, 0.2) is 12.1 Å². The molecule has 0 bridgehead atoms. The van der Waals surface area contributed by atoms with E-state index < -0.39 is 0 Å². The van der Waals surface area contributed by atoms with Gasteiger partial charge in [0.15, 0.2) is 6.29 Å². The minimum Gasteiger partial charge on any atom is -0.342 e. The Hall–Kier alpha value is -1.05. The Kier molecular flexibility index (Phi) is 4.60. The van der Waals surface area contributed by atoms with Crippen molar-refractivity contribution < 1.29 is 4.79 Å². The molecule has 15 heavy (non-hydrogen) atoms. The molecular weight excluding hydrogens is 186 g/mol. The lowest BCUT2D eigenvalue weighted by Gasteiger charge is -2.12. The van der Waals surface area contributed by atoms with E-state index in [0.29, 0.717) is 5.92 Å². The number of aldehydes is 1. The van der Waals surface area contributed by atoms with E-state index >= 15 is 0 Å². The van der Waals surface area contributed by atoms with Crippen LogP contribution < -0.4 is 0 Å². The summed E-state index contributed by atoms with van der Waals surface area (Å²) in [4.78, 5) is 10.9. The number of hydrogen-bond acceptors (Lipinski definition) is 1. The average molecular weight is 207 g/mol. The predicted octanol–water partition coefficient (Wildman–Crippen LogP) is 3.30. The minimum absolute atomic E-state index is 0.639. The summed E-state index contributed by atoms with van der Waals surface area (Å²) < 4.78 is 2.16. The number of unbranched alkanes of at least 4 members (excludes halogenated alkanes) is 1. The van der Waals surface area contributed by atoms with E-state index in [1.807, 2.05) is 6.07 Å². The zero-order chi connectivity index (χ0) is 11.3. The number of rotatable bonds is 6. The fraction of sp³-hybridized carbons (Fsp3) is 0.615. The Bertz CT molecular complexity index is 312. The number of carbonyl (C=O) groups excluding carboxylic acids is 1. The molecule has 0 aromatic carbocycles. The van der Waals surface area contributed by atoms with Crippen LogP contribution >= 0.6 is 0 Å². The Morgan fingerprint density at radius 1 is 1.40 bits per heavy atom. The van der Waals surface area contributed by atoms with Crippen molar-refractivity contribution in [2.75, 3.05) is 0 Å². The van der Waals surface area contributed by atoms with Gasteiger partial charge in [0.2, 0.25) is 0 Å². The van der Waals surface area contributed by atoms with Crippen LogP contribution in [-0.4, -0.2) is 10.9 Å². The predicted molar refractivity (Wildman–Crippen MR) is 63.3 cm³/mol. The molecule has 0 aliphatic heterocycles. The minimum atomic E-state index is 0.639. The van der Waals surface area contributed by atoms with E-state index in [1.54, 1.807) is 0 Å². The smallest absolute Gasteiger partial charge is 0.166 e. The van der Waals surface area contributed by atoms with Gasteiger partial charge in [0, 0.05) is 12.2 Å². The van der Waals surface area contributed by atoms with Crippen LogP contribution in [0.4, 0.5) is 0 Å². The molecule has 0 saturated heterocycles. The van der Waals surface area contributed by atoms with Gasteiger partial charge in [0.05, 0.1) is 5.69 Å². The molecule has 2 nitrogen and oxygen atoms in total. The summed E-state index contributed by atoms with van der Waals surface area (Å²) in [6.07, 6.45) is 4.31. The Morgan fingerprint density at radius 3 is 2.67 bits per heavy atom. The molecule has 1 aromatic rings. The summed E-state index contributed by atoms with van der Waals surface area (Å²) in [5.74, 6) is 0.639. The first-order valence-electron chi connectivity index (χ1n) is 5.82. The summed E-state index contributed by atoms with van der Waals surface area (Å²) >= 11 is 0. The number of aromatic nitrogens is 1. The molecule has 0 amide bonds. The van der Waals surface area contributed by atoms with Crippen molar-refractivity contribution in [3.05, 3.63) is 23.5 Å². The molecule has 1 rings (SSSR count). The van der Waals surface area contributed by atoms with Crippen LogP contribution in [0.25, 0.3) is 0 Å². The molecule has 0 atom stereocenters. The van der Waals surface area contributed by atoms with Gasteiger partial charge in [-0.05, 0) is 30.9 Å². The highest BCUT2D eigenvalue weighted by Crippen LogP contribution is 2.13. The lowest BCUT2D eigenvalue weighted by atomic mass is 10.1. The first-order chi connectivity index (χ1) is 7.19. The molecule has 2 heteroatoms. The van der Waals surface area contributed by atoms with Crippen molar-refractivity contribution in [2.45, 2.75) is 46.6 Å². The van der Waals surface area contributed by atoms with Crippen molar-refractivity contribution in [2.24, 2.45) is 5.92 Å². The van der Waals surface area contributed by atoms with Gasteiger partial charge in [-0.3, -0.25) is 4.79 Å². The standard InChI is InChI=1S/C13H21NO/c1-4-5-8-14-12(9-11(2)3)6-7-13(14)10-15/h6-7,10-11H,4-5,8-9H2,1-3H3. The van der Waals surface area contributed by atoms with E-state index in [4.69, 9.17) is 0 Å². The first kappa shape index (κ1) is 12.0. The van der Waals surface area contributed by atoms with Crippen LogP contribution in [0.2, 0.25) is 0 Å². The second kappa shape index (κ2) is 5.74. The molecule has 0 N–H and O–H groups in total. The Balaban J connectivity index is 2.84. The topological polar surface area (TPSA) is 22.0 Å².